The zero-order valence-corrected chi connectivity index (χ0v) is 11.1. The van der Waals surface area contributed by atoms with Crippen LogP contribution in [-0.2, 0) is 6.54 Å². The number of carbonyl (C=O) groups excluding carboxylic acids is 1. The Hall–Kier alpha value is -2.16. The van der Waals surface area contributed by atoms with Gasteiger partial charge in [-0.3, -0.25) is 4.79 Å². The molecule has 19 heavy (non-hydrogen) atoms. The molecule has 0 N–H and O–H groups in total. The molecule has 3 heteroatoms. The molecule has 0 spiro atoms. The van der Waals surface area contributed by atoms with E-state index < -0.39 is 0 Å². The highest BCUT2D eigenvalue weighted by molar-refractivity contribution is 5.84. The van der Waals surface area contributed by atoms with E-state index in [0.29, 0.717) is 17.7 Å². The average Bonchev–Trinajstić information content (AvgIpc) is 2.41. The highest BCUT2D eigenvalue weighted by atomic mass is 19.1. The number of rotatable bonds is 4. The topological polar surface area (TPSA) is 20.3 Å². The molecule has 98 valence electrons. The fourth-order valence-corrected chi connectivity index (χ4v) is 2.08. The number of anilines is 1. The summed E-state index contributed by atoms with van der Waals surface area (Å²) in [6, 6.07) is 12.3. The highest BCUT2D eigenvalue weighted by Gasteiger charge is 2.09. The van der Waals surface area contributed by atoms with Crippen molar-refractivity contribution in [2.75, 3.05) is 11.9 Å². The quantitative estimate of drug-likeness (QED) is 0.780. The van der Waals surface area contributed by atoms with E-state index in [-0.39, 0.29) is 5.82 Å². The first-order valence-electron chi connectivity index (χ1n) is 6.12. The van der Waals surface area contributed by atoms with Crippen LogP contribution in [0.5, 0.6) is 0 Å². The number of halogens is 1. The van der Waals surface area contributed by atoms with Crippen LogP contribution in [0.15, 0.2) is 42.5 Å². The fourth-order valence-electron chi connectivity index (χ4n) is 2.08. The summed E-state index contributed by atoms with van der Waals surface area (Å²) in [4.78, 5) is 13.0. The van der Waals surface area contributed by atoms with Gasteiger partial charge in [-0.15, -0.1) is 0 Å². The van der Waals surface area contributed by atoms with Crippen molar-refractivity contribution in [3.63, 3.8) is 0 Å². The number of aryl methyl sites for hydroxylation is 1. The number of hydrogen-bond donors (Lipinski definition) is 0. The SMILES string of the molecule is Cc1ccc(N(C)Cc2ccccc2F)c(C=O)c1. The van der Waals surface area contributed by atoms with Crippen molar-refractivity contribution in [1.82, 2.24) is 0 Å². The number of aldehydes is 1. The summed E-state index contributed by atoms with van der Waals surface area (Å²) in [7, 11) is 1.85. The standard InChI is InChI=1S/C16H16FNO/c1-12-7-8-16(14(9-12)11-19)18(2)10-13-5-3-4-6-15(13)17/h3-9,11H,10H2,1-2H3. The van der Waals surface area contributed by atoms with E-state index in [4.69, 9.17) is 0 Å². The van der Waals surface area contributed by atoms with Gasteiger partial charge in [-0.1, -0.05) is 29.8 Å². The minimum absolute atomic E-state index is 0.228. The maximum atomic E-state index is 13.6. The molecule has 0 unspecified atom stereocenters. The van der Waals surface area contributed by atoms with E-state index in [9.17, 15) is 9.18 Å². The third kappa shape index (κ3) is 2.99. The second kappa shape index (κ2) is 5.65. The van der Waals surface area contributed by atoms with Crippen molar-refractivity contribution < 1.29 is 9.18 Å². The fraction of sp³-hybridized carbons (Fsp3) is 0.188. The molecule has 0 heterocycles. The molecular formula is C16H16FNO. The van der Waals surface area contributed by atoms with Crippen molar-refractivity contribution in [2.45, 2.75) is 13.5 Å². The molecule has 0 radical (unpaired) electrons. The lowest BCUT2D eigenvalue weighted by Gasteiger charge is -2.21. The summed E-state index contributed by atoms with van der Waals surface area (Å²) in [6.07, 6.45) is 0.834. The van der Waals surface area contributed by atoms with Crippen LogP contribution in [0, 0.1) is 12.7 Å². The van der Waals surface area contributed by atoms with Crippen LogP contribution in [0.3, 0.4) is 0 Å². The minimum Gasteiger partial charge on any atom is -0.370 e. The Balaban J connectivity index is 2.28. The number of carbonyl (C=O) groups is 1. The summed E-state index contributed by atoms with van der Waals surface area (Å²) in [5, 5.41) is 0. The number of nitrogens with zero attached hydrogens (tertiary/aromatic N) is 1. The number of hydrogen-bond acceptors (Lipinski definition) is 2. The molecule has 0 amide bonds. The van der Waals surface area contributed by atoms with Crippen LogP contribution in [0.2, 0.25) is 0 Å². The molecule has 2 aromatic carbocycles. The monoisotopic (exact) mass is 257 g/mol. The average molecular weight is 257 g/mol. The van der Waals surface area contributed by atoms with Crippen molar-refractivity contribution in [3.05, 3.63) is 65.0 Å². The van der Waals surface area contributed by atoms with Gasteiger partial charge in [0.25, 0.3) is 0 Å². The predicted molar refractivity (Wildman–Crippen MR) is 75.1 cm³/mol. The predicted octanol–water partition coefficient (Wildman–Crippen LogP) is 3.58. The third-order valence-corrected chi connectivity index (χ3v) is 3.09. The summed E-state index contributed by atoms with van der Waals surface area (Å²) in [5.41, 5.74) is 3.08. The molecule has 0 bridgehead atoms. The van der Waals surface area contributed by atoms with Gasteiger partial charge in [0.1, 0.15) is 5.82 Å². The molecule has 2 aromatic rings. The van der Waals surface area contributed by atoms with Crippen LogP contribution in [0.4, 0.5) is 10.1 Å². The van der Waals surface area contributed by atoms with Gasteiger partial charge in [0.2, 0.25) is 0 Å². The van der Waals surface area contributed by atoms with E-state index in [1.54, 1.807) is 12.1 Å². The van der Waals surface area contributed by atoms with Gasteiger partial charge < -0.3 is 4.90 Å². The molecule has 0 aliphatic rings. The second-order valence-corrected chi connectivity index (χ2v) is 4.63. The lowest BCUT2D eigenvalue weighted by molar-refractivity contribution is 0.112. The Morgan fingerprint density at radius 2 is 1.95 bits per heavy atom. The van der Waals surface area contributed by atoms with Gasteiger partial charge in [-0.25, -0.2) is 4.39 Å². The molecule has 0 saturated heterocycles. The normalized spacial score (nSPS) is 10.3. The molecule has 0 fully saturated rings. The second-order valence-electron chi connectivity index (χ2n) is 4.63. The van der Waals surface area contributed by atoms with Crippen molar-refractivity contribution in [2.24, 2.45) is 0 Å². The lowest BCUT2D eigenvalue weighted by Crippen LogP contribution is -2.18. The smallest absolute Gasteiger partial charge is 0.152 e. The first-order valence-corrected chi connectivity index (χ1v) is 6.12. The van der Waals surface area contributed by atoms with E-state index >= 15 is 0 Å². The van der Waals surface area contributed by atoms with Gasteiger partial charge in [0.05, 0.1) is 0 Å². The summed E-state index contributed by atoms with van der Waals surface area (Å²) < 4.78 is 13.6. The van der Waals surface area contributed by atoms with Gasteiger partial charge in [0.15, 0.2) is 6.29 Å². The molecule has 0 atom stereocenters. The Kier molecular flexibility index (Phi) is 3.95. The molecule has 0 aliphatic carbocycles. The van der Waals surface area contributed by atoms with E-state index in [1.807, 2.05) is 43.1 Å². The highest BCUT2D eigenvalue weighted by Crippen LogP contribution is 2.21. The first-order chi connectivity index (χ1) is 9.11. The molecular weight excluding hydrogens is 241 g/mol. The Bertz CT molecular complexity index is 595. The Morgan fingerprint density at radius 1 is 1.21 bits per heavy atom. The van der Waals surface area contributed by atoms with E-state index in [1.165, 1.54) is 6.07 Å². The maximum Gasteiger partial charge on any atom is 0.152 e. The third-order valence-electron chi connectivity index (χ3n) is 3.09. The Morgan fingerprint density at radius 3 is 2.63 bits per heavy atom. The summed E-state index contributed by atoms with van der Waals surface area (Å²) in [6.45, 7) is 2.37. The van der Waals surface area contributed by atoms with Gasteiger partial charge >= 0.3 is 0 Å². The van der Waals surface area contributed by atoms with Crippen LogP contribution >= 0.6 is 0 Å². The minimum atomic E-state index is -0.228. The van der Waals surface area contributed by atoms with Crippen molar-refractivity contribution in [3.8, 4) is 0 Å². The molecule has 2 rings (SSSR count). The Labute approximate surface area is 112 Å². The lowest BCUT2D eigenvalue weighted by atomic mass is 10.1. The molecule has 2 nitrogen and oxygen atoms in total. The summed E-state index contributed by atoms with van der Waals surface area (Å²) >= 11 is 0. The van der Waals surface area contributed by atoms with Gasteiger partial charge in [-0.2, -0.15) is 0 Å². The van der Waals surface area contributed by atoms with Crippen LogP contribution in [0.1, 0.15) is 21.5 Å². The van der Waals surface area contributed by atoms with Crippen LogP contribution in [0.25, 0.3) is 0 Å². The van der Waals surface area contributed by atoms with Crippen LogP contribution in [-0.4, -0.2) is 13.3 Å². The molecule has 0 saturated carbocycles. The molecule has 0 aliphatic heterocycles. The maximum absolute atomic E-state index is 13.6. The van der Waals surface area contributed by atoms with Crippen molar-refractivity contribution >= 4 is 12.0 Å². The zero-order valence-electron chi connectivity index (χ0n) is 11.1. The van der Waals surface area contributed by atoms with E-state index in [2.05, 4.69) is 0 Å². The van der Waals surface area contributed by atoms with Gasteiger partial charge in [-0.05, 0) is 25.1 Å². The van der Waals surface area contributed by atoms with E-state index in [0.717, 1.165) is 17.5 Å². The largest absolute Gasteiger partial charge is 0.370 e. The number of benzene rings is 2. The summed E-state index contributed by atoms with van der Waals surface area (Å²) in [5.74, 6) is -0.228. The molecule has 0 aromatic heterocycles. The zero-order chi connectivity index (χ0) is 13.8. The van der Waals surface area contributed by atoms with Crippen LogP contribution < -0.4 is 4.90 Å². The van der Waals surface area contributed by atoms with Gasteiger partial charge in [0, 0.05) is 30.4 Å². The van der Waals surface area contributed by atoms with Crippen molar-refractivity contribution in [1.29, 1.82) is 0 Å². The first kappa shape index (κ1) is 13.3.